The third kappa shape index (κ3) is 9.10. The summed E-state index contributed by atoms with van der Waals surface area (Å²) in [4.78, 5) is 77.5. The first kappa shape index (κ1) is 55.7. The van der Waals surface area contributed by atoms with Gasteiger partial charge in [0.15, 0.2) is 5.60 Å². The Balaban J connectivity index is 1.04. The number of carbonyl (C=O) groups excluding carboxylic acids is 4. The molecule has 2 bridgehead atoms. The Bertz CT molecular complexity index is 2770. The second kappa shape index (κ2) is 21.6. The highest BCUT2D eigenvalue weighted by Gasteiger charge is 2.79. The van der Waals surface area contributed by atoms with Crippen LogP contribution in [0.4, 0.5) is 10.5 Å². The molecule has 1 unspecified atom stereocenters. The Morgan fingerprint density at radius 2 is 1.76 bits per heavy atom. The van der Waals surface area contributed by atoms with Gasteiger partial charge in [-0.2, -0.15) is 0 Å². The third-order valence-electron chi connectivity index (χ3n) is 17.7. The number of hydrazine groups is 1. The summed E-state index contributed by atoms with van der Waals surface area (Å²) in [5, 5.41) is 54.0. The van der Waals surface area contributed by atoms with Gasteiger partial charge >= 0.3 is 18.0 Å². The van der Waals surface area contributed by atoms with Crippen LogP contribution in [0.25, 0.3) is 10.9 Å². The number of aromatic amines is 1. The number of nitrogens with zero attached hydrogens (tertiary/aromatic N) is 3. The van der Waals surface area contributed by atoms with Crippen LogP contribution in [0.1, 0.15) is 81.7 Å². The summed E-state index contributed by atoms with van der Waals surface area (Å²) in [5.74, 6) is -1.94. The van der Waals surface area contributed by atoms with E-state index in [1.54, 1.807) is 21.1 Å². The van der Waals surface area contributed by atoms with E-state index in [0.717, 1.165) is 22.0 Å². The second-order valence-electron chi connectivity index (χ2n) is 21.8. The summed E-state index contributed by atoms with van der Waals surface area (Å²) in [6.07, 6.45) is 3.77. The zero-order valence-corrected chi connectivity index (χ0v) is 46.0. The highest BCUT2D eigenvalue weighted by molar-refractivity contribution is 8.76. The molecule has 6 heterocycles. The average Bonchev–Trinajstić information content (AvgIpc) is 4.27. The van der Waals surface area contributed by atoms with Gasteiger partial charge in [0.2, 0.25) is 5.91 Å². The van der Waals surface area contributed by atoms with Crippen LogP contribution in [0.5, 0.6) is 5.75 Å². The van der Waals surface area contributed by atoms with E-state index in [-0.39, 0.29) is 31.4 Å². The van der Waals surface area contributed by atoms with Gasteiger partial charge in [-0.15, -0.1) is 0 Å². The molecule has 76 heavy (non-hydrogen) atoms. The van der Waals surface area contributed by atoms with E-state index in [1.807, 2.05) is 61.2 Å². The molecule has 1 saturated carbocycles. The molecule has 2 saturated heterocycles. The number of aliphatic carboxylic acids is 1. The zero-order chi connectivity index (χ0) is 54.5. The smallest absolute Gasteiger partial charge is 0.426 e. The number of carbonyl (C=O) groups is 5. The number of amides is 3. The van der Waals surface area contributed by atoms with Crippen LogP contribution in [-0.2, 0) is 45.9 Å². The van der Waals surface area contributed by atoms with E-state index in [9.17, 15) is 34.8 Å². The monoisotopic (exact) mass is 1090 g/mol. The summed E-state index contributed by atoms with van der Waals surface area (Å²) < 4.78 is 17.8. The number of esters is 1. The van der Waals surface area contributed by atoms with Gasteiger partial charge in [0, 0.05) is 102 Å². The standard InChI is InChI=1S/C54H74N8O12S2/c1-8-50(70)26-32-27-53(48(68)73-7,42-34(15-19-61(28-32)30-50)33-13-10-11-14-37(33)57-42)36-23-35-39(25-40(36)72-6)60(5)45-52(35)17-20-62-18-12-16-51(9-2,44(52)62)46(66)54(45,71)47(67)58-59-49(69)74-21-22-75-76-29-31(3)56-41(63)24-38(55-4)43(64)65/h10-14,16,23,25,31-32,38,44-46,55,57,66,70-71H,8-9,15,17-22,24,26-30H2,1-7H3,(H,56,63)(H,58,67)(H,59,69)(H,64,65)/t31-,32-,38+,44+,45-,46-,50+,51-,52-,53+,54+/m1/s1. The minimum atomic E-state index is -2.56. The molecule has 22 heteroatoms. The molecule has 0 radical (unpaired) electrons. The number of nitrogens with one attached hydrogen (secondary N) is 5. The lowest BCUT2D eigenvalue weighted by atomic mass is 9.47. The second-order valence-corrected chi connectivity index (χ2v) is 24.4. The fourth-order valence-electron chi connectivity index (χ4n) is 14.5. The topological polar surface area (TPSA) is 268 Å². The van der Waals surface area contributed by atoms with Gasteiger partial charge in [0.25, 0.3) is 5.91 Å². The van der Waals surface area contributed by atoms with Crippen molar-refractivity contribution < 1.29 is 58.6 Å². The maximum atomic E-state index is 15.5. The number of ether oxygens (including phenoxy) is 3. The average molecular weight is 1090 g/mol. The van der Waals surface area contributed by atoms with Crippen molar-refractivity contribution >= 4 is 68.0 Å². The SMILES string of the molecule is CC[C@]1(O)C[C@H]2CN(CCc3c([nH]c4ccccc34)[C@@](C(=O)OC)(c3cc4c(cc3OC)N(C)[C@H]3[C@@](O)(C(=O)NNC(=O)OCCSSC[C@@H](C)NC(=O)C[C@H](NC)C(=O)O)[C@H](O)[C@]5(CC)C=CCN6CC[C@]43[C@@H]65)C2)C1. The molecular formula is C54H74N8O12S2. The first-order valence-electron chi connectivity index (χ1n) is 26.4. The van der Waals surface area contributed by atoms with Crippen LogP contribution in [-0.4, -0.2) is 186 Å². The van der Waals surface area contributed by atoms with E-state index >= 15 is 9.59 Å². The molecule has 9 N–H and O–H groups in total. The van der Waals surface area contributed by atoms with Gasteiger partial charge in [-0.25, -0.2) is 10.2 Å². The van der Waals surface area contributed by atoms with E-state index in [0.29, 0.717) is 99.0 Å². The summed E-state index contributed by atoms with van der Waals surface area (Å²) in [7, 11) is 9.06. The number of aliphatic hydroxyl groups excluding tert-OH is 1. The van der Waals surface area contributed by atoms with E-state index in [1.165, 1.54) is 35.7 Å². The molecule has 2 aromatic carbocycles. The molecule has 3 aromatic rings. The maximum absolute atomic E-state index is 15.5. The van der Waals surface area contributed by atoms with Gasteiger partial charge in [-0.3, -0.25) is 34.4 Å². The van der Waals surface area contributed by atoms with Gasteiger partial charge < -0.3 is 55.2 Å². The molecule has 3 amide bonds. The number of hydrogen-bond acceptors (Lipinski definition) is 17. The number of hydrogen-bond donors (Lipinski definition) is 9. The fraction of sp³-hybridized carbons (Fsp3) is 0.611. The number of para-hydroxylation sites is 1. The van der Waals surface area contributed by atoms with Crippen molar-refractivity contribution in [3.05, 3.63) is 70.9 Å². The Morgan fingerprint density at radius 3 is 2.47 bits per heavy atom. The lowest BCUT2D eigenvalue weighted by Gasteiger charge is -2.63. The number of anilines is 1. The van der Waals surface area contributed by atoms with Crippen molar-refractivity contribution in [1.82, 2.24) is 36.3 Å². The maximum Gasteiger partial charge on any atom is 0.426 e. The molecular weight excluding hydrogens is 1020 g/mol. The highest BCUT2D eigenvalue weighted by Crippen LogP contribution is 2.67. The number of likely N-dealkylation sites (N-methyl/N-ethyl adjacent to an activating group) is 2. The van der Waals surface area contributed by atoms with Gasteiger partial charge in [0.05, 0.1) is 32.3 Å². The number of piperidine rings is 1. The summed E-state index contributed by atoms with van der Waals surface area (Å²) in [6, 6.07) is 9.19. The minimum absolute atomic E-state index is 0.0454. The van der Waals surface area contributed by atoms with Crippen molar-refractivity contribution in [3.8, 4) is 5.75 Å². The van der Waals surface area contributed by atoms with Crippen molar-refractivity contribution in [3.63, 3.8) is 0 Å². The summed E-state index contributed by atoms with van der Waals surface area (Å²) in [5.41, 5.74) is 2.02. The molecule has 1 aromatic heterocycles. The van der Waals surface area contributed by atoms with Gasteiger partial charge in [-0.05, 0) is 88.2 Å². The van der Waals surface area contributed by atoms with Crippen LogP contribution < -0.4 is 31.1 Å². The van der Waals surface area contributed by atoms with Gasteiger partial charge in [0.1, 0.15) is 29.9 Å². The molecule has 3 fully saturated rings. The largest absolute Gasteiger partial charge is 0.496 e. The van der Waals surface area contributed by atoms with E-state index in [4.69, 9.17) is 14.2 Å². The quantitative estimate of drug-likeness (QED) is 0.0309. The number of aromatic nitrogens is 1. The lowest BCUT2D eigenvalue weighted by Crippen LogP contribution is -2.82. The summed E-state index contributed by atoms with van der Waals surface area (Å²) in [6.45, 7) is 8.70. The van der Waals surface area contributed by atoms with Crippen molar-refractivity contribution in [2.75, 3.05) is 84.1 Å². The number of aliphatic hydroxyl groups is 3. The number of benzene rings is 2. The Hall–Kier alpha value is -5.07. The third-order valence-corrected chi connectivity index (χ3v) is 20.3. The number of rotatable bonds is 17. The number of fused-ring (bicyclic) bond motifs is 6. The number of carboxylic acid groups (broad SMARTS) is 1. The number of methoxy groups -OCH3 is 2. The zero-order valence-electron chi connectivity index (χ0n) is 44.4. The normalized spacial score (nSPS) is 32.0. The number of H-pyrrole nitrogens is 1. The predicted octanol–water partition coefficient (Wildman–Crippen LogP) is 2.95. The first-order valence-corrected chi connectivity index (χ1v) is 28.9. The Morgan fingerprint density at radius 1 is 0.987 bits per heavy atom. The fourth-order valence-corrected chi connectivity index (χ4v) is 16.6. The Kier molecular flexibility index (Phi) is 15.8. The van der Waals surface area contributed by atoms with Crippen LogP contribution in [0, 0.1) is 11.3 Å². The van der Waals surface area contributed by atoms with Crippen LogP contribution in [0.2, 0.25) is 0 Å². The predicted molar refractivity (Wildman–Crippen MR) is 289 cm³/mol. The van der Waals surface area contributed by atoms with Crippen LogP contribution in [0.3, 0.4) is 0 Å². The van der Waals surface area contributed by atoms with Gasteiger partial charge in [-0.1, -0.05) is 65.8 Å². The van der Waals surface area contributed by atoms with Crippen LogP contribution >= 0.6 is 21.6 Å². The lowest BCUT2D eigenvalue weighted by molar-refractivity contribution is -0.204. The van der Waals surface area contributed by atoms with Crippen molar-refractivity contribution in [2.24, 2.45) is 11.3 Å². The molecule has 12 atom stereocenters. The summed E-state index contributed by atoms with van der Waals surface area (Å²) >= 11 is 0. The molecule has 9 rings (SSSR count). The molecule has 5 aliphatic heterocycles. The van der Waals surface area contributed by atoms with Crippen molar-refractivity contribution in [2.45, 2.75) is 118 Å². The minimum Gasteiger partial charge on any atom is -0.496 e. The molecule has 1 aliphatic carbocycles. The molecule has 414 valence electrons. The molecule has 20 nitrogen and oxygen atoms in total. The van der Waals surface area contributed by atoms with E-state index < -0.39 is 81.5 Å². The Labute approximate surface area is 451 Å². The van der Waals surface area contributed by atoms with E-state index in [2.05, 4.69) is 42.3 Å². The number of carboxylic acids is 1. The highest BCUT2D eigenvalue weighted by atomic mass is 33.1. The van der Waals surface area contributed by atoms with Crippen LogP contribution in [0.15, 0.2) is 48.6 Å². The molecule has 6 aliphatic rings. The van der Waals surface area contributed by atoms with Crippen molar-refractivity contribution in [1.29, 1.82) is 0 Å². The molecule has 1 spiro atoms. The first-order chi connectivity index (χ1) is 36.3.